The first-order chi connectivity index (χ1) is 11.0. The van der Waals surface area contributed by atoms with Crippen molar-refractivity contribution in [1.82, 2.24) is 10.1 Å². The lowest BCUT2D eigenvalue weighted by Crippen LogP contribution is -2.45. The van der Waals surface area contributed by atoms with Gasteiger partial charge in [0.15, 0.2) is 0 Å². The van der Waals surface area contributed by atoms with E-state index >= 15 is 0 Å². The van der Waals surface area contributed by atoms with Crippen LogP contribution in [0.2, 0.25) is 0 Å². The molecular weight excluding hydrogens is 292 g/mol. The molecule has 5 nitrogen and oxygen atoms in total. The molecule has 2 atom stereocenters. The molecule has 0 saturated carbocycles. The highest BCUT2D eigenvalue weighted by Crippen LogP contribution is 2.36. The number of methoxy groups -OCH3 is 1. The summed E-state index contributed by atoms with van der Waals surface area (Å²) < 4.78 is 10.4. The molecule has 0 amide bonds. The fourth-order valence-electron chi connectivity index (χ4n) is 3.47. The first-order valence-corrected chi connectivity index (χ1v) is 8.04. The fourth-order valence-corrected chi connectivity index (χ4v) is 3.47. The summed E-state index contributed by atoms with van der Waals surface area (Å²) in [7, 11) is 1.64. The summed E-state index contributed by atoms with van der Waals surface area (Å²) in [6, 6.07) is 9.68. The number of nitrogens with zero attached hydrogens (tertiary/aromatic N) is 2. The first-order valence-electron chi connectivity index (χ1n) is 8.04. The molecule has 2 heterocycles. The lowest BCUT2D eigenvalue weighted by atomic mass is 9.86. The lowest BCUT2D eigenvalue weighted by Gasteiger charge is -2.36. The van der Waals surface area contributed by atoms with Crippen LogP contribution in [0, 0.1) is 6.92 Å². The van der Waals surface area contributed by atoms with Gasteiger partial charge < -0.3 is 14.4 Å². The molecule has 1 fully saturated rings. The Hall–Kier alpha value is -1.85. The third kappa shape index (κ3) is 3.26. The standard InChI is InChI=1S/C18H24N2O3/c1-13-11-15(19-23-13)12-20-10-4-5-17(20)18(2,21)14-6-8-16(22-3)9-7-14/h6-9,11,17,21H,4-5,10,12H2,1-3H3/t17-,18+/m0/s1. The molecule has 0 aliphatic carbocycles. The van der Waals surface area contributed by atoms with Crippen molar-refractivity contribution in [2.45, 2.75) is 44.9 Å². The van der Waals surface area contributed by atoms with Crippen LogP contribution in [0.4, 0.5) is 0 Å². The van der Waals surface area contributed by atoms with Gasteiger partial charge in [-0.25, -0.2) is 0 Å². The molecule has 0 unspecified atom stereocenters. The Morgan fingerprint density at radius 3 is 2.74 bits per heavy atom. The topological polar surface area (TPSA) is 58.7 Å². The van der Waals surface area contributed by atoms with Crippen LogP contribution >= 0.6 is 0 Å². The van der Waals surface area contributed by atoms with Gasteiger partial charge in [-0.05, 0) is 50.9 Å². The zero-order valence-electron chi connectivity index (χ0n) is 14.0. The second kappa shape index (κ2) is 6.34. The van der Waals surface area contributed by atoms with E-state index in [1.807, 2.05) is 44.2 Å². The van der Waals surface area contributed by atoms with E-state index < -0.39 is 5.60 Å². The van der Waals surface area contributed by atoms with Gasteiger partial charge in [-0.3, -0.25) is 4.90 Å². The van der Waals surface area contributed by atoms with Crippen molar-refractivity contribution < 1.29 is 14.4 Å². The summed E-state index contributed by atoms with van der Waals surface area (Å²) in [5.41, 5.74) is 0.910. The maximum atomic E-state index is 11.2. The molecule has 2 aromatic rings. The number of rotatable bonds is 5. The van der Waals surface area contributed by atoms with E-state index in [1.54, 1.807) is 7.11 Å². The minimum absolute atomic E-state index is 0.0629. The van der Waals surface area contributed by atoms with Gasteiger partial charge in [0.2, 0.25) is 0 Å². The minimum atomic E-state index is -0.915. The molecular formula is C18H24N2O3. The van der Waals surface area contributed by atoms with E-state index in [0.29, 0.717) is 6.54 Å². The Morgan fingerprint density at radius 1 is 1.39 bits per heavy atom. The Bertz CT molecular complexity index is 649. The van der Waals surface area contributed by atoms with Crippen molar-refractivity contribution in [2.24, 2.45) is 0 Å². The average Bonchev–Trinajstić information content (AvgIpc) is 3.17. The summed E-state index contributed by atoms with van der Waals surface area (Å²) in [5, 5.41) is 15.3. The summed E-state index contributed by atoms with van der Waals surface area (Å²) in [4.78, 5) is 2.29. The van der Waals surface area contributed by atoms with Crippen LogP contribution in [-0.4, -0.2) is 34.9 Å². The van der Waals surface area contributed by atoms with Crippen LogP contribution in [0.15, 0.2) is 34.9 Å². The highest BCUT2D eigenvalue weighted by Gasteiger charge is 2.40. The molecule has 1 aliphatic heterocycles. The maximum Gasteiger partial charge on any atom is 0.133 e. The second-order valence-electron chi connectivity index (χ2n) is 6.43. The van der Waals surface area contributed by atoms with E-state index in [9.17, 15) is 5.11 Å². The Kier molecular flexibility index (Phi) is 4.41. The van der Waals surface area contributed by atoms with E-state index in [1.165, 1.54) is 0 Å². The third-order valence-corrected chi connectivity index (χ3v) is 4.73. The van der Waals surface area contributed by atoms with Gasteiger partial charge in [-0.2, -0.15) is 0 Å². The van der Waals surface area contributed by atoms with Gasteiger partial charge in [0.1, 0.15) is 17.1 Å². The summed E-state index contributed by atoms with van der Waals surface area (Å²) in [5.74, 6) is 1.61. The van der Waals surface area contributed by atoms with E-state index in [4.69, 9.17) is 9.26 Å². The van der Waals surface area contributed by atoms with Crippen molar-refractivity contribution in [3.63, 3.8) is 0 Å². The second-order valence-corrected chi connectivity index (χ2v) is 6.43. The van der Waals surface area contributed by atoms with Crippen molar-refractivity contribution in [3.8, 4) is 5.75 Å². The van der Waals surface area contributed by atoms with Gasteiger partial charge in [0.25, 0.3) is 0 Å². The van der Waals surface area contributed by atoms with Gasteiger partial charge in [0, 0.05) is 18.7 Å². The van der Waals surface area contributed by atoms with Crippen LogP contribution in [0.25, 0.3) is 0 Å². The third-order valence-electron chi connectivity index (χ3n) is 4.73. The first kappa shape index (κ1) is 16.0. The molecule has 5 heteroatoms. The molecule has 1 N–H and O–H groups in total. The lowest BCUT2D eigenvalue weighted by molar-refractivity contribution is -0.0259. The van der Waals surface area contributed by atoms with Crippen molar-refractivity contribution >= 4 is 0 Å². The van der Waals surface area contributed by atoms with Crippen molar-refractivity contribution in [1.29, 1.82) is 0 Å². The zero-order valence-corrected chi connectivity index (χ0v) is 14.0. The van der Waals surface area contributed by atoms with Crippen LogP contribution < -0.4 is 4.74 Å². The van der Waals surface area contributed by atoms with Gasteiger partial charge in [-0.1, -0.05) is 17.3 Å². The Balaban J connectivity index is 1.79. The van der Waals surface area contributed by atoms with E-state index in [-0.39, 0.29) is 6.04 Å². The van der Waals surface area contributed by atoms with Gasteiger partial charge >= 0.3 is 0 Å². The Morgan fingerprint density at radius 2 is 2.13 bits per heavy atom. The van der Waals surface area contributed by atoms with E-state index in [2.05, 4.69) is 10.1 Å². The number of hydrogen-bond donors (Lipinski definition) is 1. The molecule has 0 radical (unpaired) electrons. The highest BCUT2D eigenvalue weighted by molar-refractivity contribution is 5.31. The molecule has 0 spiro atoms. The predicted molar refractivity (Wildman–Crippen MR) is 87.2 cm³/mol. The van der Waals surface area contributed by atoms with E-state index in [0.717, 1.165) is 42.2 Å². The van der Waals surface area contributed by atoms with Crippen LogP contribution in [0.3, 0.4) is 0 Å². The van der Waals surface area contributed by atoms with Crippen LogP contribution in [0.1, 0.15) is 36.8 Å². The number of aliphatic hydroxyl groups is 1. The van der Waals surface area contributed by atoms with Crippen molar-refractivity contribution in [3.05, 3.63) is 47.3 Å². The quantitative estimate of drug-likeness (QED) is 0.919. The van der Waals surface area contributed by atoms with Crippen LogP contribution in [-0.2, 0) is 12.1 Å². The van der Waals surface area contributed by atoms with Gasteiger partial charge in [-0.15, -0.1) is 0 Å². The SMILES string of the molecule is COc1ccc([C@@](C)(O)[C@@H]2CCCN2Cc2cc(C)on2)cc1. The molecule has 23 heavy (non-hydrogen) atoms. The number of ether oxygens (including phenoxy) is 1. The molecule has 1 aromatic carbocycles. The fraction of sp³-hybridized carbons (Fsp3) is 0.500. The monoisotopic (exact) mass is 316 g/mol. The molecule has 1 saturated heterocycles. The number of likely N-dealkylation sites (tertiary alicyclic amines) is 1. The molecule has 1 aromatic heterocycles. The predicted octanol–water partition coefficient (Wildman–Crippen LogP) is 2.86. The van der Waals surface area contributed by atoms with Gasteiger partial charge in [0.05, 0.1) is 12.8 Å². The molecule has 3 rings (SSSR count). The largest absolute Gasteiger partial charge is 0.497 e. The number of benzene rings is 1. The maximum absolute atomic E-state index is 11.2. The summed E-state index contributed by atoms with van der Waals surface area (Å²) in [6.07, 6.45) is 2.05. The molecule has 0 bridgehead atoms. The minimum Gasteiger partial charge on any atom is -0.497 e. The molecule has 124 valence electrons. The smallest absolute Gasteiger partial charge is 0.133 e. The van der Waals surface area contributed by atoms with Crippen LogP contribution in [0.5, 0.6) is 5.75 Å². The average molecular weight is 316 g/mol. The zero-order chi connectivity index (χ0) is 16.4. The van der Waals surface area contributed by atoms with Crippen molar-refractivity contribution in [2.75, 3.05) is 13.7 Å². The number of aromatic nitrogens is 1. The summed E-state index contributed by atoms with van der Waals surface area (Å²) >= 11 is 0. The summed E-state index contributed by atoms with van der Waals surface area (Å²) in [6.45, 7) is 5.45. The normalized spacial score (nSPS) is 21.3. The number of hydrogen-bond acceptors (Lipinski definition) is 5. The molecule has 1 aliphatic rings. The Labute approximate surface area is 136 Å². The number of aryl methyl sites for hydroxylation is 1. The highest BCUT2D eigenvalue weighted by atomic mass is 16.5.